The SMILES string of the molecule is CC(=O)N[C@H](CC(=O)NCc1ccco1)c1ccccc1. The lowest BCUT2D eigenvalue weighted by atomic mass is 10.0. The van der Waals surface area contributed by atoms with Crippen LogP contribution in [0.25, 0.3) is 0 Å². The Morgan fingerprint density at radius 1 is 1.14 bits per heavy atom. The first kappa shape index (κ1) is 14.8. The summed E-state index contributed by atoms with van der Waals surface area (Å²) in [5.74, 6) is 0.385. The number of hydrogen-bond acceptors (Lipinski definition) is 3. The van der Waals surface area contributed by atoms with Crippen LogP contribution in [-0.4, -0.2) is 11.8 Å². The summed E-state index contributed by atoms with van der Waals surface area (Å²) in [4.78, 5) is 23.3. The zero-order valence-electron chi connectivity index (χ0n) is 11.8. The highest BCUT2D eigenvalue weighted by Gasteiger charge is 2.16. The number of hydrogen-bond donors (Lipinski definition) is 2. The van der Waals surface area contributed by atoms with Crippen LogP contribution in [0.1, 0.15) is 30.7 Å². The molecule has 21 heavy (non-hydrogen) atoms. The number of carbonyl (C=O) groups excluding carboxylic acids is 2. The van der Waals surface area contributed by atoms with E-state index in [0.717, 1.165) is 5.56 Å². The van der Waals surface area contributed by atoms with Gasteiger partial charge < -0.3 is 15.1 Å². The number of furan rings is 1. The molecule has 1 aromatic carbocycles. The molecule has 0 unspecified atom stereocenters. The summed E-state index contributed by atoms with van der Waals surface area (Å²) in [6.07, 6.45) is 1.75. The maximum Gasteiger partial charge on any atom is 0.222 e. The monoisotopic (exact) mass is 286 g/mol. The molecule has 1 aromatic heterocycles. The van der Waals surface area contributed by atoms with Gasteiger partial charge in [0.25, 0.3) is 0 Å². The lowest BCUT2D eigenvalue weighted by Crippen LogP contribution is -2.32. The fourth-order valence-electron chi connectivity index (χ4n) is 2.04. The second kappa shape index (κ2) is 7.28. The standard InChI is InChI=1S/C16H18N2O3/c1-12(19)18-15(13-6-3-2-4-7-13)10-16(20)17-11-14-8-5-9-21-14/h2-9,15H,10-11H2,1H3,(H,17,20)(H,18,19)/t15-/m1/s1. The van der Waals surface area contributed by atoms with Crippen LogP contribution in [0.2, 0.25) is 0 Å². The molecule has 1 heterocycles. The van der Waals surface area contributed by atoms with Crippen LogP contribution in [0.5, 0.6) is 0 Å². The topological polar surface area (TPSA) is 71.3 Å². The minimum Gasteiger partial charge on any atom is -0.467 e. The molecular weight excluding hydrogens is 268 g/mol. The van der Waals surface area contributed by atoms with E-state index in [4.69, 9.17) is 4.42 Å². The highest BCUT2D eigenvalue weighted by molar-refractivity contribution is 5.79. The molecule has 0 saturated heterocycles. The van der Waals surface area contributed by atoms with E-state index in [2.05, 4.69) is 10.6 Å². The zero-order chi connectivity index (χ0) is 15.1. The van der Waals surface area contributed by atoms with Crippen LogP contribution in [-0.2, 0) is 16.1 Å². The van der Waals surface area contributed by atoms with E-state index >= 15 is 0 Å². The summed E-state index contributed by atoms with van der Waals surface area (Å²) in [6.45, 7) is 1.78. The second-order valence-corrected chi connectivity index (χ2v) is 4.72. The molecule has 0 aliphatic rings. The van der Waals surface area contributed by atoms with Crippen molar-refractivity contribution in [2.24, 2.45) is 0 Å². The number of benzene rings is 1. The predicted molar refractivity (Wildman–Crippen MR) is 78.2 cm³/mol. The van der Waals surface area contributed by atoms with Crippen LogP contribution in [0.15, 0.2) is 53.1 Å². The minimum atomic E-state index is -0.333. The van der Waals surface area contributed by atoms with Crippen molar-refractivity contribution in [1.29, 1.82) is 0 Å². The Labute approximate surface area is 123 Å². The summed E-state index contributed by atoms with van der Waals surface area (Å²) >= 11 is 0. The van der Waals surface area contributed by atoms with Gasteiger partial charge in [0.2, 0.25) is 11.8 Å². The van der Waals surface area contributed by atoms with E-state index < -0.39 is 0 Å². The molecule has 0 fully saturated rings. The molecule has 110 valence electrons. The van der Waals surface area contributed by atoms with Gasteiger partial charge in [-0.25, -0.2) is 0 Å². The number of rotatable bonds is 6. The molecular formula is C16H18N2O3. The lowest BCUT2D eigenvalue weighted by Gasteiger charge is -2.17. The van der Waals surface area contributed by atoms with Crippen LogP contribution in [0, 0.1) is 0 Å². The number of carbonyl (C=O) groups is 2. The smallest absolute Gasteiger partial charge is 0.222 e. The third-order valence-electron chi connectivity index (χ3n) is 3.01. The molecule has 1 atom stereocenters. The van der Waals surface area contributed by atoms with Crippen LogP contribution in [0.3, 0.4) is 0 Å². The quantitative estimate of drug-likeness (QED) is 0.855. The summed E-state index contributed by atoms with van der Waals surface area (Å²) in [5, 5.41) is 5.57. The fourth-order valence-corrected chi connectivity index (χ4v) is 2.04. The van der Waals surface area contributed by atoms with Gasteiger partial charge in [0.15, 0.2) is 0 Å². The molecule has 5 heteroatoms. The van der Waals surface area contributed by atoms with Gasteiger partial charge in [-0.2, -0.15) is 0 Å². The zero-order valence-corrected chi connectivity index (χ0v) is 11.8. The summed E-state index contributed by atoms with van der Waals surface area (Å²) < 4.78 is 5.15. The molecule has 0 saturated carbocycles. The highest BCUT2D eigenvalue weighted by Crippen LogP contribution is 2.16. The molecule has 0 aliphatic carbocycles. The van der Waals surface area contributed by atoms with Crippen LogP contribution >= 0.6 is 0 Å². The van der Waals surface area contributed by atoms with Crippen molar-refractivity contribution in [3.63, 3.8) is 0 Å². The molecule has 2 aromatic rings. The van der Waals surface area contributed by atoms with E-state index in [0.29, 0.717) is 12.3 Å². The summed E-state index contributed by atoms with van der Waals surface area (Å²) in [6, 6.07) is 12.7. The Bertz CT molecular complexity index is 579. The molecule has 5 nitrogen and oxygen atoms in total. The summed E-state index contributed by atoms with van der Waals surface area (Å²) in [5.41, 5.74) is 0.904. The van der Waals surface area contributed by atoms with Gasteiger partial charge in [0.05, 0.1) is 25.3 Å². The largest absolute Gasteiger partial charge is 0.467 e. The first-order valence-electron chi connectivity index (χ1n) is 6.76. The Kier molecular flexibility index (Phi) is 5.15. The van der Waals surface area contributed by atoms with Gasteiger partial charge in [-0.15, -0.1) is 0 Å². The molecule has 2 rings (SSSR count). The fraction of sp³-hybridized carbons (Fsp3) is 0.250. The first-order chi connectivity index (χ1) is 10.1. The van der Waals surface area contributed by atoms with Gasteiger partial charge in [0.1, 0.15) is 5.76 Å². The maximum absolute atomic E-state index is 12.0. The molecule has 0 aliphatic heterocycles. The van der Waals surface area contributed by atoms with Gasteiger partial charge in [-0.3, -0.25) is 9.59 Å². The van der Waals surface area contributed by atoms with E-state index in [1.165, 1.54) is 6.92 Å². The lowest BCUT2D eigenvalue weighted by molar-refractivity contribution is -0.123. The molecule has 0 spiro atoms. The Hall–Kier alpha value is -2.56. The van der Waals surface area contributed by atoms with Gasteiger partial charge in [0, 0.05) is 6.92 Å². The van der Waals surface area contributed by atoms with Crippen molar-refractivity contribution in [3.8, 4) is 0 Å². The predicted octanol–water partition coefficient (Wildman–Crippen LogP) is 2.16. The van der Waals surface area contributed by atoms with Crippen molar-refractivity contribution in [1.82, 2.24) is 10.6 Å². The average molecular weight is 286 g/mol. The summed E-state index contributed by atoms with van der Waals surface area (Å²) in [7, 11) is 0. The number of amides is 2. The highest BCUT2D eigenvalue weighted by atomic mass is 16.3. The van der Waals surface area contributed by atoms with Gasteiger partial charge in [-0.05, 0) is 17.7 Å². The van der Waals surface area contributed by atoms with E-state index in [9.17, 15) is 9.59 Å². The average Bonchev–Trinajstić information content (AvgIpc) is 2.98. The van der Waals surface area contributed by atoms with Crippen molar-refractivity contribution < 1.29 is 14.0 Å². The maximum atomic E-state index is 12.0. The Morgan fingerprint density at radius 2 is 1.90 bits per heavy atom. The van der Waals surface area contributed by atoms with Crippen LogP contribution < -0.4 is 10.6 Å². The van der Waals surface area contributed by atoms with Crippen molar-refractivity contribution in [2.75, 3.05) is 0 Å². The Balaban J connectivity index is 1.94. The molecule has 2 amide bonds. The van der Waals surface area contributed by atoms with Crippen LogP contribution in [0.4, 0.5) is 0 Å². The molecule has 0 radical (unpaired) electrons. The first-order valence-corrected chi connectivity index (χ1v) is 6.76. The Morgan fingerprint density at radius 3 is 2.52 bits per heavy atom. The van der Waals surface area contributed by atoms with Crippen molar-refractivity contribution in [3.05, 3.63) is 60.1 Å². The van der Waals surface area contributed by atoms with E-state index in [-0.39, 0.29) is 24.3 Å². The van der Waals surface area contributed by atoms with E-state index in [1.54, 1.807) is 18.4 Å². The molecule has 2 N–H and O–H groups in total. The van der Waals surface area contributed by atoms with Gasteiger partial charge >= 0.3 is 0 Å². The third kappa shape index (κ3) is 4.80. The normalized spacial score (nSPS) is 11.7. The number of nitrogens with one attached hydrogen (secondary N) is 2. The van der Waals surface area contributed by atoms with Crippen molar-refractivity contribution >= 4 is 11.8 Å². The minimum absolute atomic E-state index is 0.144. The van der Waals surface area contributed by atoms with Crippen molar-refractivity contribution in [2.45, 2.75) is 25.9 Å². The van der Waals surface area contributed by atoms with Gasteiger partial charge in [-0.1, -0.05) is 30.3 Å². The third-order valence-corrected chi connectivity index (χ3v) is 3.01. The van der Waals surface area contributed by atoms with E-state index in [1.807, 2.05) is 30.3 Å². The molecule has 0 bridgehead atoms. The second-order valence-electron chi connectivity index (χ2n) is 4.72.